The van der Waals surface area contributed by atoms with E-state index in [0.29, 0.717) is 19.4 Å². The van der Waals surface area contributed by atoms with Crippen LogP contribution >= 0.6 is 0 Å². The normalized spacial score (nSPS) is 12.7. The molecule has 6 nitrogen and oxygen atoms in total. The molecular weight excluding hydrogens is 947 g/mol. The number of amides is 1. The van der Waals surface area contributed by atoms with E-state index in [-0.39, 0.29) is 18.5 Å². The number of unbranched alkanes of at least 4 members (excludes halogenated alkanes) is 50. The second-order valence-electron chi connectivity index (χ2n) is 23.9. The molecule has 0 heterocycles. The SMILES string of the molecule is CCCCCCCCCCCCCCCCCCCC/C=C/C(O)C(CO)NC(=O)CCCCCCCCCCC/C=C\C/C=C\CCCCCCCCCCCOC(=O)CCCCCCCCCCCCCCCCC. The first-order chi connectivity index (χ1) is 38.0. The summed E-state index contributed by atoms with van der Waals surface area (Å²) in [5.41, 5.74) is 0. The molecule has 0 radical (unpaired) electrons. The summed E-state index contributed by atoms with van der Waals surface area (Å²) in [5, 5.41) is 23.2. The monoisotopic (exact) mass is 1080 g/mol. The van der Waals surface area contributed by atoms with Crippen LogP contribution in [0.5, 0.6) is 0 Å². The summed E-state index contributed by atoms with van der Waals surface area (Å²) < 4.78 is 5.49. The van der Waals surface area contributed by atoms with Crippen LogP contribution in [0.4, 0.5) is 0 Å². The highest BCUT2D eigenvalue weighted by atomic mass is 16.5. The first-order valence-corrected chi connectivity index (χ1v) is 34.8. The standard InChI is InChI=1S/C71H135NO5/c1-3-5-7-9-11-13-15-17-19-20-21-29-32-36-39-43-47-51-55-59-63-69(74)68(67-73)72-70(75)64-60-56-52-48-44-40-37-33-30-27-25-23-22-24-26-28-31-34-38-42-46-50-54-58-62-66-77-71(76)65-61-57-53-49-45-41-35-18-16-14-12-10-8-6-4-2/h23-26,59,63,68-69,73-74H,3-22,27-58,60-62,64-67H2,1-2H3,(H,72,75)/b25-23-,26-24-,63-59+. The van der Waals surface area contributed by atoms with Gasteiger partial charge in [-0.1, -0.05) is 339 Å². The number of allylic oxidation sites excluding steroid dienone is 5. The molecular formula is C71H135NO5. The van der Waals surface area contributed by atoms with Crippen LogP contribution < -0.4 is 5.32 Å². The third kappa shape index (κ3) is 63.1. The topological polar surface area (TPSA) is 95.9 Å². The zero-order valence-electron chi connectivity index (χ0n) is 52.0. The summed E-state index contributed by atoms with van der Waals surface area (Å²) in [7, 11) is 0. The van der Waals surface area contributed by atoms with Gasteiger partial charge < -0.3 is 20.3 Å². The van der Waals surface area contributed by atoms with Crippen molar-refractivity contribution in [2.75, 3.05) is 13.2 Å². The first kappa shape index (κ1) is 75.1. The Balaban J connectivity index is 3.45. The Bertz CT molecular complexity index is 1250. The minimum atomic E-state index is -0.850. The van der Waals surface area contributed by atoms with E-state index in [1.54, 1.807) is 6.08 Å². The number of esters is 1. The Hall–Kier alpha value is -1.92. The van der Waals surface area contributed by atoms with Crippen molar-refractivity contribution in [1.82, 2.24) is 5.32 Å². The van der Waals surface area contributed by atoms with Gasteiger partial charge in [-0.3, -0.25) is 9.59 Å². The van der Waals surface area contributed by atoms with E-state index in [0.717, 1.165) is 44.9 Å². The van der Waals surface area contributed by atoms with Crippen molar-refractivity contribution in [3.63, 3.8) is 0 Å². The fourth-order valence-corrected chi connectivity index (χ4v) is 10.8. The molecule has 0 saturated heterocycles. The smallest absolute Gasteiger partial charge is 0.305 e. The number of ether oxygens (including phenoxy) is 1. The Morgan fingerprint density at radius 3 is 0.987 bits per heavy atom. The Morgan fingerprint density at radius 1 is 0.364 bits per heavy atom. The quantitative estimate of drug-likeness (QED) is 0.0320. The van der Waals surface area contributed by atoms with Crippen molar-refractivity contribution in [1.29, 1.82) is 0 Å². The van der Waals surface area contributed by atoms with Crippen LogP contribution in [0.1, 0.15) is 380 Å². The summed E-state index contributed by atoms with van der Waals surface area (Å²) in [6.45, 7) is 4.93. The number of aliphatic hydroxyl groups excluding tert-OH is 2. The lowest BCUT2D eigenvalue weighted by Crippen LogP contribution is -2.45. The number of carbonyl (C=O) groups excluding carboxylic acids is 2. The fourth-order valence-electron chi connectivity index (χ4n) is 10.8. The molecule has 0 saturated carbocycles. The molecule has 0 aromatic heterocycles. The number of hydrogen-bond acceptors (Lipinski definition) is 5. The molecule has 0 fully saturated rings. The minimum Gasteiger partial charge on any atom is -0.466 e. The summed E-state index contributed by atoms with van der Waals surface area (Å²) >= 11 is 0. The number of aliphatic hydroxyl groups is 2. The van der Waals surface area contributed by atoms with Gasteiger partial charge in [0.2, 0.25) is 5.91 Å². The number of rotatable bonds is 65. The second-order valence-corrected chi connectivity index (χ2v) is 23.9. The third-order valence-electron chi connectivity index (χ3n) is 16.2. The van der Waals surface area contributed by atoms with Crippen molar-refractivity contribution in [3.05, 3.63) is 36.5 Å². The summed E-state index contributed by atoms with van der Waals surface area (Å²) in [6, 6.07) is -0.634. The molecule has 0 aliphatic carbocycles. The average molecular weight is 1080 g/mol. The molecule has 2 atom stereocenters. The molecule has 0 spiro atoms. The van der Waals surface area contributed by atoms with Crippen molar-refractivity contribution < 1.29 is 24.5 Å². The Labute approximate surface area is 481 Å². The zero-order valence-corrected chi connectivity index (χ0v) is 52.0. The van der Waals surface area contributed by atoms with Gasteiger partial charge in [0.05, 0.1) is 25.4 Å². The molecule has 0 aromatic rings. The molecule has 0 rings (SSSR count). The summed E-state index contributed by atoms with van der Waals surface area (Å²) in [5.74, 6) is -0.0591. The molecule has 2 unspecified atom stereocenters. The van der Waals surface area contributed by atoms with Gasteiger partial charge in [0.1, 0.15) is 0 Å². The van der Waals surface area contributed by atoms with E-state index in [2.05, 4.69) is 43.5 Å². The second kappa shape index (κ2) is 66.6. The molecule has 454 valence electrons. The van der Waals surface area contributed by atoms with Crippen LogP contribution in [0.3, 0.4) is 0 Å². The molecule has 3 N–H and O–H groups in total. The van der Waals surface area contributed by atoms with Crippen LogP contribution in [-0.4, -0.2) is 47.4 Å². The predicted octanol–water partition coefficient (Wildman–Crippen LogP) is 22.3. The average Bonchev–Trinajstić information content (AvgIpc) is 3.43. The van der Waals surface area contributed by atoms with Crippen molar-refractivity contribution >= 4 is 11.9 Å². The van der Waals surface area contributed by atoms with Crippen molar-refractivity contribution in [2.45, 2.75) is 392 Å². The van der Waals surface area contributed by atoms with E-state index >= 15 is 0 Å². The lowest BCUT2D eigenvalue weighted by Gasteiger charge is -2.20. The van der Waals surface area contributed by atoms with Crippen LogP contribution in [-0.2, 0) is 14.3 Å². The van der Waals surface area contributed by atoms with Gasteiger partial charge in [-0.25, -0.2) is 0 Å². The molecule has 1 amide bonds. The zero-order chi connectivity index (χ0) is 55.7. The van der Waals surface area contributed by atoms with Gasteiger partial charge in [0.15, 0.2) is 0 Å². The van der Waals surface area contributed by atoms with Crippen LogP contribution in [0.15, 0.2) is 36.5 Å². The molecule has 0 aromatic carbocycles. The van der Waals surface area contributed by atoms with E-state index in [1.165, 1.54) is 308 Å². The summed E-state index contributed by atoms with van der Waals surface area (Å²) in [6.07, 6.45) is 85.0. The molecule has 0 aliphatic heterocycles. The van der Waals surface area contributed by atoms with Gasteiger partial charge in [-0.15, -0.1) is 0 Å². The van der Waals surface area contributed by atoms with Gasteiger partial charge in [-0.05, 0) is 64.2 Å². The highest BCUT2D eigenvalue weighted by Gasteiger charge is 2.18. The highest BCUT2D eigenvalue weighted by molar-refractivity contribution is 5.76. The molecule has 0 aliphatic rings. The Morgan fingerprint density at radius 2 is 0.649 bits per heavy atom. The maximum atomic E-state index is 12.5. The van der Waals surface area contributed by atoms with Gasteiger partial charge in [0, 0.05) is 12.8 Å². The molecule has 0 bridgehead atoms. The molecule has 77 heavy (non-hydrogen) atoms. The highest BCUT2D eigenvalue weighted by Crippen LogP contribution is 2.18. The van der Waals surface area contributed by atoms with E-state index in [9.17, 15) is 19.8 Å². The van der Waals surface area contributed by atoms with E-state index < -0.39 is 12.1 Å². The first-order valence-electron chi connectivity index (χ1n) is 34.8. The maximum absolute atomic E-state index is 12.5. The fraction of sp³-hybridized carbons (Fsp3) is 0.887. The minimum absolute atomic E-state index is 0.0119. The van der Waals surface area contributed by atoms with E-state index in [1.807, 2.05) is 6.08 Å². The third-order valence-corrected chi connectivity index (χ3v) is 16.2. The molecule has 6 heteroatoms. The van der Waals surface area contributed by atoms with Crippen LogP contribution in [0.2, 0.25) is 0 Å². The Kier molecular flexibility index (Phi) is 64.9. The van der Waals surface area contributed by atoms with Gasteiger partial charge >= 0.3 is 5.97 Å². The van der Waals surface area contributed by atoms with Gasteiger partial charge in [0.25, 0.3) is 0 Å². The lowest BCUT2D eigenvalue weighted by atomic mass is 10.0. The predicted molar refractivity (Wildman–Crippen MR) is 338 cm³/mol. The number of carbonyl (C=O) groups is 2. The number of nitrogens with one attached hydrogen (secondary N) is 1. The maximum Gasteiger partial charge on any atom is 0.305 e. The van der Waals surface area contributed by atoms with Gasteiger partial charge in [-0.2, -0.15) is 0 Å². The number of hydrogen-bond donors (Lipinski definition) is 3. The lowest BCUT2D eigenvalue weighted by molar-refractivity contribution is -0.143. The van der Waals surface area contributed by atoms with Crippen molar-refractivity contribution in [3.8, 4) is 0 Å². The van der Waals surface area contributed by atoms with E-state index in [4.69, 9.17) is 4.74 Å². The largest absolute Gasteiger partial charge is 0.466 e. The van der Waals surface area contributed by atoms with Crippen LogP contribution in [0.25, 0.3) is 0 Å². The van der Waals surface area contributed by atoms with Crippen LogP contribution in [0, 0.1) is 0 Å². The van der Waals surface area contributed by atoms with Crippen molar-refractivity contribution in [2.24, 2.45) is 0 Å². The summed E-state index contributed by atoms with van der Waals surface area (Å²) in [4.78, 5) is 24.6.